The van der Waals surface area contributed by atoms with Gasteiger partial charge >= 0.3 is 5.69 Å². The van der Waals surface area contributed by atoms with Gasteiger partial charge in [0, 0.05) is 7.05 Å². The van der Waals surface area contributed by atoms with Gasteiger partial charge in [0.05, 0.1) is 18.5 Å². The van der Waals surface area contributed by atoms with Gasteiger partial charge in [-0.05, 0) is 13.8 Å². The van der Waals surface area contributed by atoms with E-state index in [9.17, 15) is 14.7 Å². The van der Waals surface area contributed by atoms with Crippen molar-refractivity contribution in [1.82, 2.24) is 19.1 Å². The zero-order valence-electron chi connectivity index (χ0n) is 9.89. The number of fused-ring (bicyclic) bond motifs is 1. The summed E-state index contributed by atoms with van der Waals surface area (Å²) in [5.41, 5.74) is -1.37. The number of nitrogens with zero attached hydrogens (tertiary/aromatic N) is 3. The van der Waals surface area contributed by atoms with E-state index in [2.05, 4.69) is 9.97 Å². The molecule has 92 valence electrons. The lowest BCUT2D eigenvalue weighted by atomic mass is 10.1. The van der Waals surface area contributed by atoms with Gasteiger partial charge in [0.1, 0.15) is 0 Å². The molecule has 0 aliphatic rings. The Hall–Kier alpha value is -1.89. The molecule has 0 aliphatic heterocycles. The Balaban J connectivity index is 2.74. The fraction of sp³-hybridized carbons (Fsp3) is 0.500. The smallest absolute Gasteiger partial charge is 0.329 e. The molecule has 0 aliphatic carbocycles. The zero-order chi connectivity index (χ0) is 12.8. The van der Waals surface area contributed by atoms with E-state index in [0.717, 1.165) is 0 Å². The lowest BCUT2D eigenvalue weighted by Gasteiger charge is -2.17. The van der Waals surface area contributed by atoms with Gasteiger partial charge in [0.25, 0.3) is 5.56 Å². The number of aliphatic hydroxyl groups is 1. The van der Waals surface area contributed by atoms with E-state index in [1.54, 1.807) is 13.8 Å². The first-order valence-electron chi connectivity index (χ1n) is 5.16. The second kappa shape index (κ2) is 3.56. The Bertz CT molecular complexity index is 671. The highest BCUT2D eigenvalue weighted by Gasteiger charge is 2.18. The van der Waals surface area contributed by atoms with Crippen LogP contribution in [0.3, 0.4) is 0 Å². The van der Waals surface area contributed by atoms with E-state index in [0.29, 0.717) is 5.65 Å². The van der Waals surface area contributed by atoms with Gasteiger partial charge in [-0.2, -0.15) is 0 Å². The molecule has 0 unspecified atom stereocenters. The Kier molecular flexibility index (Phi) is 2.43. The van der Waals surface area contributed by atoms with Crippen molar-refractivity contribution in [2.45, 2.75) is 26.0 Å². The molecule has 0 radical (unpaired) electrons. The summed E-state index contributed by atoms with van der Waals surface area (Å²) in [5, 5.41) is 9.73. The monoisotopic (exact) mass is 238 g/mol. The minimum absolute atomic E-state index is 0.227. The highest BCUT2D eigenvalue weighted by atomic mass is 16.3. The summed E-state index contributed by atoms with van der Waals surface area (Å²) >= 11 is 0. The highest BCUT2D eigenvalue weighted by molar-refractivity contribution is 5.69. The third kappa shape index (κ3) is 2.01. The van der Waals surface area contributed by atoms with E-state index in [1.807, 2.05) is 0 Å². The van der Waals surface area contributed by atoms with Gasteiger partial charge in [-0.15, -0.1) is 0 Å². The van der Waals surface area contributed by atoms with Crippen LogP contribution in [0, 0.1) is 0 Å². The molecule has 17 heavy (non-hydrogen) atoms. The first kappa shape index (κ1) is 11.6. The summed E-state index contributed by atoms with van der Waals surface area (Å²) in [5.74, 6) is 0. The van der Waals surface area contributed by atoms with E-state index >= 15 is 0 Å². The molecule has 0 amide bonds. The Morgan fingerprint density at radius 2 is 2.12 bits per heavy atom. The first-order valence-corrected chi connectivity index (χ1v) is 5.16. The number of H-pyrrole nitrogens is 1. The summed E-state index contributed by atoms with van der Waals surface area (Å²) in [6.07, 6.45) is 1.44. The molecule has 2 heterocycles. The topological polar surface area (TPSA) is 92.9 Å². The molecule has 0 fully saturated rings. The molecule has 7 heteroatoms. The van der Waals surface area contributed by atoms with Crippen molar-refractivity contribution < 1.29 is 5.11 Å². The molecule has 2 aromatic rings. The predicted molar refractivity (Wildman–Crippen MR) is 61.9 cm³/mol. The number of imidazole rings is 1. The van der Waals surface area contributed by atoms with Crippen molar-refractivity contribution in [2.24, 2.45) is 7.05 Å². The van der Waals surface area contributed by atoms with Crippen LogP contribution in [0.1, 0.15) is 13.8 Å². The minimum atomic E-state index is -0.964. The summed E-state index contributed by atoms with van der Waals surface area (Å²) in [6.45, 7) is 3.49. The maximum Gasteiger partial charge on any atom is 0.329 e. The van der Waals surface area contributed by atoms with Gasteiger partial charge in [0.15, 0.2) is 11.2 Å². The van der Waals surface area contributed by atoms with Crippen LogP contribution in [0.15, 0.2) is 15.9 Å². The van der Waals surface area contributed by atoms with E-state index in [-0.39, 0.29) is 12.1 Å². The molecule has 2 aromatic heterocycles. The van der Waals surface area contributed by atoms with Crippen LogP contribution in [0.5, 0.6) is 0 Å². The van der Waals surface area contributed by atoms with Crippen LogP contribution in [0.25, 0.3) is 11.2 Å². The van der Waals surface area contributed by atoms with E-state index in [1.165, 1.54) is 22.5 Å². The second-order valence-corrected chi connectivity index (χ2v) is 4.68. The van der Waals surface area contributed by atoms with Crippen molar-refractivity contribution in [1.29, 1.82) is 0 Å². The molecule has 7 nitrogen and oxygen atoms in total. The summed E-state index contributed by atoms with van der Waals surface area (Å²) in [4.78, 5) is 29.3. The molecular formula is C10H14N4O3. The molecule has 0 aromatic carbocycles. The second-order valence-electron chi connectivity index (χ2n) is 4.68. The number of aromatic nitrogens is 4. The normalized spacial score (nSPS) is 12.2. The Morgan fingerprint density at radius 1 is 1.47 bits per heavy atom. The molecule has 2 rings (SSSR count). The van der Waals surface area contributed by atoms with Gasteiger partial charge in [-0.3, -0.25) is 14.3 Å². The minimum Gasteiger partial charge on any atom is -0.389 e. The molecule has 0 saturated carbocycles. The van der Waals surface area contributed by atoms with Crippen molar-refractivity contribution >= 4 is 11.2 Å². The van der Waals surface area contributed by atoms with Gasteiger partial charge in [0.2, 0.25) is 0 Å². The fourth-order valence-electron chi connectivity index (χ4n) is 1.72. The van der Waals surface area contributed by atoms with Crippen molar-refractivity contribution in [2.75, 3.05) is 0 Å². The van der Waals surface area contributed by atoms with Crippen LogP contribution >= 0.6 is 0 Å². The standard InChI is InChI=1S/C10H14N4O3/c1-10(2,17)4-14-5-11-7-6(14)8(15)12-9(16)13(7)3/h5,17H,4H2,1-3H3,(H,12,15,16). The zero-order valence-corrected chi connectivity index (χ0v) is 9.89. The Morgan fingerprint density at radius 3 is 2.71 bits per heavy atom. The van der Waals surface area contributed by atoms with E-state index < -0.39 is 16.9 Å². The summed E-state index contributed by atoms with van der Waals surface area (Å²) < 4.78 is 2.80. The van der Waals surface area contributed by atoms with Crippen LogP contribution in [-0.4, -0.2) is 29.8 Å². The number of hydrogen-bond donors (Lipinski definition) is 2. The van der Waals surface area contributed by atoms with E-state index in [4.69, 9.17) is 0 Å². The van der Waals surface area contributed by atoms with Crippen molar-refractivity contribution in [3.63, 3.8) is 0 Å². The molecule has 0 spiro atoms. The summed E-state index contributed by atoms with van der Waals surface area (Å²) in [6, 6.07) is 0. The average Bonchev–Trinajstić information content (AvgIpc) is 2.56. The van der Waals surface area contributed by atoms with Gasteiger partial charge < -0.3 is 9.67 Å². The number of nitrogens with one attached hydrogen (secondary N) is 1. The van der Waals surface area contributed by atoms with Crippen LogP contribution < -0.4 is 11.2 Å². The number of rotatable bonds is 2. The number of aromatic amines is 1. The molecule has 2 N–H and O–H groups in total. The number of aryl methyl sites for hydroxylation is 1. The van der Waals surface area contributed by atoms with Crippen molar-refractivity contribution in [3.8, 4) is 0 Å². The molecule has 0 saturated heterocycles. The third-order valence-corrected chi connectivity index (χ3v) is 2.43. The van der Waals surface area contributed by atoms with Gasteiger partial charge in [-0.1, -0.05) is 0 Å². The lowest BCUT2D eigenvalue weighted by molar-refractivity contribution is 0.0626. The van der Waals surface area contributed by atoms with Crippen LogP contribution in [0.4, 0.5) is 0 Å². The molecular weight excluding hydrogens is 224 g/mol. The quantitative estimate of drug-likeness (QED) is 0.716. The Labute approximate surface area is 96.3 Å². The average molecular weight is 238 g/mol. The van der Waals surface area contributed by atoms with Crippen LogP contribution in [0.2, 0.25) is 0 Å². The highest BCUT2D eigenvalue weighted by Crippen LogP contribution is 2.10. The molecule has 0 bridgehead atoms. The maximum absolute atomic E-state index is 11.7. The first-order chi connectivity index (χ1) is 7.79. The van der Waals surface area contributed by atoms with Crippen LogP contribution in [-0.2, 0) is 13.6 Å². The summed E-state index contributed by atoms with van der Waals surface area (Å²) in [7, 11) is 1.53. The van der Waals surface area contributed by atoms with Gasteiger partial charge in [-0.25, -0.2) is 9.78 Å². The fourth-order valence-corrected chi connectivity index (χ4v) is 1.72. The third-order valence-electron chi connectivity index (χ3n) is 2.43. The maximum atomic E-state index is 11.7. The largest absolute Gasteiger partial charge is 0.389 e. The number of hydrogen-bond acceptors (Lipinski definition) is 4. The SMILES string of the molecule is Cn1c(=O)[nH]c(=O)c2c1ncn2CC(C)(C)O. The van der Waals surface area contributed by atoms with Crippen molar-refractivity contribution in [3.05, 3.63) is 27.2 Å². The lowest BCUT2D eigenvalue weighted by Crippen LogP contribution is -2.31. The molecule has 0 atom stereocenters. The predicted octanol–water partition coefficient (Wildman–Crippen LogP) is -0.806.